The van der Waals surface area contributed by atoms with Gasteiger partial charge in [-0.2, -0.15) is 0 Å². The number of rotatable bonds is 2. The molecule has 1 atom stereocenters. The van der Waals surface area contributed by atoms with Gasteiger partial charge in [-0.15, -0.1) is 0 Å². The fourth-order valence-electron chi connectivity index (χ4n) is 2.59. The molecule has 2 heterocycles. The smallest absolute Gasteiger partial charge is 0.328 e. The molecule has 0 radical (unpaired) electrons. The maximum atomic E-state index is 12.0. The average Bonchev–Trinajstić information content (AvgIpc) is 3.01. The van der Waals surface area contributed by atoms with Gasteiger partial charge in [0.1, 0.15) is 11.8 Å². The quantitative estimate of drug-likeness (QED) is 0.523. The lowest BCUT2D eigenvalue weighted by molar-refractivity contribution is -0.136. The van der Waals surface area contributed by atoms with Gasteiger partial charge in [-0.1, -0.05) is 0 Å². The van der Waals surface area contributed by atoms with E-state index in [4.69, 9.17) is 10.5 Å². The van der Waals surface area contributed by atoms with Crippen LogP contribution < -0.4 is 26.0 Å². The lowest BCUT2D eigenvalue weighted by atomic mass is 10.1. The number of carbonyl (C=O) groups is 3. The van der Waals surface area contributed by atoms with E-state index in [9.17, 15) is 14.4 Å². The molecule has 8 nitrogen and oxygen atoms in total. The topological polar surface area (TPSA) is 114 Å². The van der Waals surface area contributed by atoms with Gasteiger partial charge in [-0.3, -0.25) is 9.69 Å². The predicted octanol–water partition coefficient (Wildman–Crippen LogP) is -0.0700. The highest BCUT2D eigenvalue weighted by Gasteiger charge is 2.28. The molecule has 1 aromatic rings. The van der Waals surface area contributed by atoms with Gasteiger partial charge in [0.2, 0.25) is 0 Å². The number of nitrogens with two attached hydrogens (primary N) is 1. The van der Waals surface area contributed by atoms with E-state index in [-0.39, 0.29) is 30.3 Å². The molecule has 3 rings (SSSR count). The Morgan fingerprint density at radius 2 is 2.18 bits per heavy atom. The van der Waals surface area contributed by atoms with Crippen molar-refractivity contribution >= 4 is 23.6 Å². The molecular formula is C14H16N4O4. The van der Waals surface area contributed by atoms with Gasteiger partial charge >= 0.3 is 12.0 Å². The first-order valence-electron chi connectivity index (χ1n) is 7.00. The maximum Gasteiger partial charge on any atom is 0.328 e. The number of primary amides is 1. The zero-order chi connectivity index (χ0) is 15.7. The summed E-state index contributed by atoms with van der Waals surface area (Å²) in [6, 6.07) is 3.50. The predicted molar refractivity (Wildman–Crippen MR) is 77.5 cm³/mol. The van der Waals surface area contributed by atoms with Crippen molar-refractivity contribution in [2.45, 2.75) is 18.9 Å². The van der Waals surface area contributed by atoms with Gasteiger partial charge in [0, 0.05) is 6.07 Å². The zero-order valence-electron chi connectivity index (χ0n) is 11.8. The van der Waals surface area contributed by atoms with Crippen LogP contribution in [0.5, 0.6) is 5.75 Å². The van der Waals surface area contributed by atoms with Gasteiger partial charge in [0.25, 0.3) is 5.91 Å². The second-order valence-corrected chi connectivity index (χ2v) is 5.18. The molecule has 116 valence electrons. The second-order valence-electron chi connectivity index (χ2n) is 5.18. The van der Waals surface area contributed by atoms with E-state index < -0.39 is 6.03 Å². The van der Waals surface area contributed by atoms with E-state index in [0.29, 0.717) is 11.3 Å². The largest absolute Gasteiger partial charge is 0.425 e. The molecule has 2 aliphatic heterocycles. The number of carbonyl (C=O) groups excluding carboxylic acids is 3. The van der Waals surface area contributed by atoms with Crippen LogP contribution in [0.4, 0.5) is 10.5 Å². The van der Waals surface area contributed by atoms with Crippen molar-refractivity contribution in [3.63, 3.8) is 0 Å². The molecule has 0 bridgehead atoms. The molecule has 0 aromatic heterocycles. The number of nitrogens with zero attached hydrogens (tertiary/aromatic N) is 1. The summed E-state index contributed by atoms with van der Waals surface area (Å²) >= 11 is 0. The van der Waals surface area contributed by atoms with Crippen LogP contribution in [0.2, 0.25) is 0 Å². The molecular weight excluding hydrogens is 288 g/mol. The minimum absolute atomic E-state index is 0.0112. The molecule has 2 aliphatic rings. The third-order valence-electron chi connectivity index (χ3n) is 3.73. The van der Waals surface area contributed by atoms with E-state index in [1.807, 2.05) is 0 Å². The first-order valence-corrected chi connectivity index (χ1v) is 7.00. The molecule has 8 heteroatoms. The summed E-state index contributed by atoms with van der Waals surface area (Å²) in [6.07, 6.45) is 1.67. The lowest BCUT2D eigenvalue weighted by Crippen LogP contribution is -2.48. The van der Waals surface area contributed by atoms with Crippen molar-refractivity contribution in [2.24, 2.45) is 5.73 Å². The van der Waals surface area contributed by atoms with Gasteiger partial charge < -0.3 is 21.1 Å². The van der Waals surface area contributed by atoms with E-state index in [2.05, 4.69) is 10.6 Å². The maximum absolute atomic E-state index is 12.0. The number of anilines is 1. The second kappa shape index (κ2) is 5.64. The van der Waals surface area contributed by atoms with E-state index in [1.54, 1.807) is 0 Å². The van der Waals surface area contributed by atoms with Gasteiger partial charge in [0.15, 0.2) is 0 Å². The van der Waals surface area contributed by atoms with Crippen LogP contribution in [0.1, 0.15) is 23.2 Å². The number of benzene rings is 1. The van der Waals surface area contributed by atoms with Crippen molar-refractivity contribution in [1.82, 2.24) is 10.6 Å². The van der Waals surface area contributed by atoms with Crippen LogP contribution in [0.25, 0.3) is 0 Å². The third-order valence-corrected chi connectivity index (χ3v) is 3.73. The Bertz CT molecular complexity index is 640. The zero-order valence-corrected chi connectivity index (χ0v) is 11.8. The van der Waals surface area contributed by atoms with Crippen molar-refractivity contribution < 1.29 is 19.1 Å². The Morgan fingerprint density at radius 1 is 1.36 bits per heavy atom. The number of fused-ring (bicyclic) bond motifs is 1. The molecule has 0 saturated carbocycles. The normalized spacial score (nSPS) is 20.3. The summed E-state index contributed by atoms with van der Waals surface area (Å²) < 4.78 is 5.32. The summed E-state index contributed by atoms with van der Waals surface area (Å²) in [5.41, 5.74) is 5.94. The average molecular weight is 304 g/mol. The van der Waals surface area contributed by atoms with E-state index in [0.717, 1.165) is 19.4 Å². The van der Waals surface area contributed by atoms with E-state index >= 15 is 0 Å². The monoisotopic (exact) mass is 304 g/mol. The molecule has 1 saturated heterocycles. The molecule has 0 aliphatic carbocycles. The Balaban J connectivity index is 1.85. The summed E-state index contributed by atoms with van der Waals surface area (Å²) in [4.78, 5) is 36.4. The summed E-state index contributed by atoms with van der Waals surface area (Å²) in [7, 11) is 0. The van der Waals surface area contributed by atoms with Crippen molar-refractivity contribution in [3.8, 4) is 5.75 Å². The fourth-order valence-corrected chi connectivity index (χ4v) is 2.59. The number of ether oxygens (including phenoxy) is 1. The number of hydrogen-bond acceptors (Lipinski definition) is 5. The molecule has 1 aromatic carbocycles. The van der Waals surface area contributed by atoms with Crippen LogP contribution >= 0.6 is 0 Å². The highest BCUT2D eigenvalue weighted by Crippen LogP contribution is 2.28. The number of nitrogens with one attached hydrogen (secondary N) is 2. The van der Waals surface area contributed by atoms with Crippen LogP contribution in [-0.2, 0) is 4.79 Å². The molecule has 4 N–H and O–H groups in total. The Kier molecular flexibility index (Phi) is 3.68. The summed E-state index contributed by atoms with van der Waals surface area (Å²) in [6.45, 7) is 0.780. The van der Waals surface area contributed by atoms with Crippen molar-refractivity contribution in [1.29, 1.82) is 0 Å². The Labute approximate surface area is 126 Å². The van der Waals surface area contributed by atoms with Crippen LogP contribution in [0.3, 0.4) is 0 Å². The Morgan fingerprint density at radius 3 is 2.86 bits per heavy atom. The van der Waals surface area contributed by atoms with Gasteiger partial charge in [0.05, 0.1) is 17.9 Å². The minimum Gasteiger partial charge on any atom is -0.425 e. The molecule has 0 spiro atoms. The number of amides is 3. The lowest BCUT2D eigenvalue weighted by Gasteiger charge is -2.28. The molecule has 1 unspecified atom stereocenters. The molecule has 3 amide bonds. The fraction of sp³-hybridized carbons (Fsp3) is 0.357. The Hall–Kier alpha value is -2.61. The van der Waals surface area contributed by atoms with Crippen LogP contribution in [-0.4, -0.2) is 37.2 Å². The highest BCUT2D eigenvalue weighted by molar-refractivity contribution is 6.07. The number of urea groups is 1. The van der Waals surface area contributed by atoms with Crippen molar-refractivity contribution in [3.05, 3.63) is 23.8 Å². The van der Waals surface area contributed by atoms with Crippen molar-refractivity contribution in [2.75, 3.05) is 18.1 Å². The van der Waals surface area contributed by atoms with E-state index in [1.165, 1.54) is 23.1 Å². The minimum atomic E-state index is -0.692. The van der Waals surface area contributed by atoms with Gasteiger partial charge in [-0.05, 0) is 31.5 Å². The first kappa shape index (κ1) is 14.3. The first-order chi connectivity index (χ1) is 10.6. The van der Waals surface area contributed by atoms with Crippen LogP contribution in [0, 0.1) is 0 Å². The van der Waals surface area contributed by atoms with Crippen LogP contribution in [0.15, 0.2) is 18.2 Å². The SMILES string of the molecule is NC(=O)N1CNC(=O)c2ccc(OC(=O)C3CCCN3)cc21. The summed E-state index contributed by atoms with van der Waals surface area (Å²) in [5.74, 6) is -0.399. The number of hydrogen-bond donors (Lipinski definition) is 3. The molecule has 22 heavy (non-hydrogen) atoms. The summed E-state index contributed by atoms with van der Waals surface area (Å²) in [5, 5.41) is 5.59. The molecule has 1 fully saturated rings. The van der Waals surface area contributed by atoms with Gasteiger partial charge in [-0.25, -0.2) is 9.59 Å². The standard InChI is InChI=1S/C14H16N4O4/c15-14(21)18-7-17-12(19)9-4-3-8(6-11(9)18)22-13(20)10-2-1-5-16-10/h3-4,6,10,16H,1-2,5,7H2,(H2,15,21)(H,17,19). The number of esters is 1. The highest BCUT2D eigenvalue weighted by atomic mass is 16.5. The third kappa shape index (κ3) is 2.60.